The summed E-state index contributed by atoms with van der Waals surface area (Å²) in [6, 6.07) is 18.9. The monoisotopic (exact) mass is 322 g/mol. The van der Waals surface area contributed by atoms with Gasteiger partial charge in [-0.2, -0.15) is 0 Å². The fraction of sp³-hybridized carbons (Fsp3) is 0.286. The molecule has 2 heteroatoms. The average molecular weight is 323 g/mol. The van der Waals surface area contributed by atoms with Crippen LogP contribution in [0, 0.1) is 5.92 Å². The van der Waals surface area contributed by atoms with E-state index in [0.29, 0.717) is 5.92 Å². The van der Waals surface area contributed by atoms with Crippen molar-refractivity contribution >= 4 is 25.1 Å². The van der Waals surface area contributed by atoms with Crippen LogP contribution in [0.25, 0.3) is 5.57 Å². The van der Waals surface area contributed by atoms with Crippen molar-refractivity contribution in [1.82, 2.24) is 0 Å². The average Bonchev–Trinajstić information content (AvgIpc) is 2.54. The quantitative estimate of drug-likeness (QED) is 0.431. The topological polar surface area (TPSA) is 17.1 Å². The number of hydrogen-bond acceptors (Lipinski definition) is 1. The number of allylic oxidation sites excluding steroid dienone is 1. The van der Waals surface area contributed by atoms with Crippen molar-refractivity contribution < 1.29 is 4.79 Å². The minimum atomic E-state index is -1.78. The maximum absolute atomic E-state index is 11.6. The van der Waals surface area contributed by atoms with E-state index in [1.165, 1.54) is 10.8 Å². The highest BCUT2D eigenvalue weighted by Gasteiger charge is 2.21. The van der Waals surface area contributed by atoms with E-state index >= 15 is 0 Å². The molecule has 1 nitrogen and oxygen atoms in total. The van der Waals surface area contributed by atoms with Crippen molar-refractivity contribution in [3.8, 4) is 0 Å². The van der Waals surface area contributed by atoms with Gasteiger partial charge >= 0.3 is 0 Å². The van der Waals surface area contributed by atoms with Crippen LogP contribution < -0.4 is 5.19 Å². The highest BCUT2D eigenvalue weighted by Crippen LogP contribution is 2.18. The summed E-state index contributed by atoms with van der Waals surface area (Å²) in [5, 5.41) is 1.34. The first-order chi connectivity index (χ1) is 10.9. The summed E-state index contributed by atoms with van der Waals surface area (Å²) < 4.78 is 0. The number of hydrogen-bond donors (Lipinski definition) is 0. The summed E-state index contributed by atoms with van der Waals surface area (Å²) in [5.74, 6) is 0.645. The maximum Gasteiger partial charge on any atom is 0.149 e. The second-order valence-corrected chi connectivity index (χ2v) is 11.4. The van der Waals surface area contributed by atoms with Gasteiger partial charge in [-0.1, -0.05) is 92.4 Å². The number of carbonyl (C=O) groups is 1. The highest BCUT2D eigenvalue weighted by atomic mass is 28.3. The molecule has 0 fully saturated rings. The smallest absolute Gasteiger partial charge is 0.149 e. The van der Waals surface area contributed by atoms with Gasteiger partial charge in [-0.3, -0.25) is 4.79 Å². The van der Waals surface area contributed by atoms with Crippen LogP contribution in [-0.2, 0) is 11.2 Å². The number of benzene rings is 2. The lowest BCUT2D eigenvalue weighted by Gasteiger charge is -2.19. The molecule has 0 unspecified atom stereocenters. The van der Waals surface area contributed by atoms with Gasteiger partial charge in [0.05, 0.1) is 0 Å². The van der Waals surface area contributed by atoms with Gasteiger partial charge in [0.1, 0.15) is 14.4 Å². The van der Waals surface area contributed by atoms with Crippen LogP contribution in [0.2, 0.25) is 13.1 Å². The van der Waals surface area contributed by atoms with Crippen molar-refractivity contribution in [2.24, 2.45) is 5.92 Å². The lowest BCUT2D eigenvalue weighted by Crippen LogP contribution is -2.39. The van der Waals surface area contributed by atoms with Crippen LogP contribution in [0.15, 0.2) is 60.3 Å². The molecule has 0 spiro atoms. The third-order valence-corrected chi connectivity index (χ3v) is 6.95. The first kappa shape index (κ1) is 17.4. The Labute approximate surface area is 141 Å². The fourth-order valence-electron chi connectivity index (χ4n) is 2.83. The van der Waals surface area contributed by atoms with E-state index in [2.05, 4.69) is 81.2 Å². The van der Waals surface area contributed by atoms with E-state index in [9.17, 15) is 4.79 Å². The van der Waals surface area contributed by atoms with E-state index in [4.69, 9.17) is 0 Å². The van der Waals surface area contributed by atoms with Gasteiger partial charge in [-0.05, 0) is 23.5 Å². The number of carbonyl (C=O) groups excluding carboxylic acids is 1. The Balaban J connectivity index is 2.30. The molecule has 0 aliphatic rings. The SMILES string of the molecule is CC(C)Cc1ccc(C(C=O)=C[Si](C)(C)c2ccccc2)cc1. The highest BCUT2D eigenvalue weighted by molar-refractivity contribution is 6.94. The van der Waals surface area contributed by atoms with Gasteiger partial charge < -0.3 is 0 Å². The van der Waals surface area contributed by atoms with E-state index < -0.39 is 8.07 Å². The van der Waals surface area contributed by atoms with Crippen LogP contribution in [0.1, 0.15) is 25.0 Å². The van der Waals surface area contributed by atoms with E-state index in [1.54, 1.807) is 0 Å². The van der Waals surface area contributed by atoms with Gasteiger partial charge in [-0.15, -0.1) is 0 Å². The van der Waals surface area contributed by atoms with Crippen molar-refractivity contribution in [3.05, 3.63) is 71.4 Å². The normalized spacial score (nSPS) is 12.5. The minimum Gasteiger partial charge on any atom is -0.298 e. The molecule has 0 bridgehead atoms. The molecule has 0 amide bonds. The molecular formula is C21H26OSi. The third-order valence-electron chi connectivity index (χ3n) is 4.09. The van der Waals surface area contributed by atoms with Crippen molar-refractivity contribution in [2.45, 2.75) is 33.4 Å². The number of rotatable bonds is 6. The van der Waals surface area contributed by atoms with E-state index in [1.807, 2.05) is 6.07 Å². The molecule has 0 aliphatic heterocycles. The summed E-state index contributed by atoms with van der Waals surface area (Å²) in [6.45, 7) is 9.00. The summed E-state index contributed by atoms with van der Waals surface area (Å²) in [6.07, 6.45) is 2.07. The molecule has 0 aromatic heterocycles. The molecule has 2 aromatic rings. The number of aldehydes is 1. The molecule has 23 heavy (non-hydrogen) atoms. The zero-order valence-electron chi connectivity index (χ0n) is 14.5. The Morgan fingerprint density at radius 3 is 2.13 bits per heavy atom. The molecule has 0 N–H and O–H groups in total. The zero-order chi connectivity index (χ0) is 16.9. The Kier molecular flexibility index (Phi) is 5.73. The summed E-state index contributed by atoms with van der Waals surface area (Å²) in [4.78, 5) is 11.6. The van der Waals surface area contributed by atoms with Gasteiger partial charge in [0, 0.05) is 5.57 Å². The molecule has 2 rings (SSSR count). The van der Waals surface area contributed by atoms with E-state index in [-0.39, 0.29) is 0 Å². The second kappa shape index (κ2) is 7.56. The molecule has 0 heterocycles. The fourth-order valence-corrected chi connectivity index (χ4v) is 5.06. The molecule has 120 valence electrons. The molecule has 0 aliphatic carbocycles. The minimum absolute atomic E-state index is 0.645. The maximum atomic E-state index is 11.6. The van der Waals surface area contributed by atoms with Crippen LogP contribution in [-0.4, -0.2) is 14.4 Å². The predicted octanol–water partition coefficient (Wildman–Crippen LogP) is 4.62. The van der Waals surface area contributed by atoms with Gasteiger partial charge in [0.15, 0.2) is 0 Å². The van der Waals surface area contributed by atoms with E-state index in [0.717, 1.165) is 23.8 Å². The van der Waals surface area contributed by atoms with Crippen LogP contribution in [0.3, 0.4) is 0 Å². The molecule has 0 saturated carbocycles. The Morgan fingerprint density at radius 1 is 1.00 bits per heavy atom. The largest absolute Gasteiger partial charge is 0.298 e. The van der Waals surface area contributed by atoms with Crippen molar-refractivity contribution in [3.63, 3.8) is 0 Å². The summed E-state index contributed by atoms with van der Waals surface area (Å²) in [5.41, 5.74) is 5.35. The first-order valence-electron chi connectivity index (χ1n) is 8.25. The van der Waals surface area contributed by atoms with Gasteiger partial charge in [0.25, 0.3) is 0 Å². The molecule has 0 atom stereocenters. The summed E-state index contributed by atoms with van der Waals surface area (Å²) in [7, 11) is -1.78. The van der Waals surface area contributed by atoms with Crippen LogP contribution >= 0.6 is 0 Å². The Hall–Kier alpha value is -1.93. The van der Waals surface area contributed by atoms with Gasteiger partial charge in [0.2, 0.25) is 0 Å². The van der Waals surface area contributed by atoms with Crippen molar-refractivity contribution in [2.75, 3.05) is 0 Å². The zero-order valence-corrected chi connectivity index (χ0v) is 15.5. The Morgan fingerprint density at radius 2 is 1.61 bits per heavy atom. The first-order valence-corrected chi connectivity index (χ1v) is 11.3. The van der Waals surface area contributed by atoms with Crippen molar-refractivity contribution in [1.29, 1.82) is 0 Å². The predicted molar refractivity (Wildman–Crippen MR) is 103 cm³/mol. The molecule has 0 saturated heterocycles. The standard InChI is InChI=1S/C21H26OSi/c1-17(2)14-18-10-12-19(13-11-18)20(15-22)16-23(3,4)21-8-6-5-7-9-21/h5-13,15-17H,14H2,1-4H3. The van der Waals surface area contributed by atoms with Gasteiger partial charge in [-0.25, -0.2) is 0 Å². The molecular weight excluding hydrogens is 296 g/mol. The molecule has 0 radical (unpaired) electrons. The van der Waals surface area contributed by atoms with Crippen LogP contribution in [0.5, 0.6) is 0 Å². The third kappa shape index (κ3) is 4.77. The second-order valence-electron chi connectivity index (χ2n) is 7.10. The lowest BCUT2D eigenvalue weighted by atomic mass is 10.00. The summed E-state index contributed by atoms with van der Waals surface area (Å²) >= 11 is 0. The van der Waals surface area contributed by atoms with Crippen LogP contribution in [0.4, 0.5) is 0 Å². The lowest BCUT2D eigenvalue weighted by molar-refractivity contribution is -0.103. The molecule has 2 aromatic carbocycles. The Bertz CT molecular complexity index is 667.